The zero-order chi connectivity index (χ0) is 19.4. The Kier molecular flexibility index (Phi) is 5.80. The average molecular weight is 429 g/mol. The van der Waals surface area contributed by atoms with Crippen LogP contribution in [0, 0.1) is 0 Å². The second-order valence-corrected chi connectivity index (χ2v) is 7.28. The molecule has 0 aliphatic carbocycles. The lowest BCUT2D eigenvalue weighted by molar-refractivity contribution is -0.157. The number of hydrogen-bond acceptors (Lipinski definition) is 4. The van der Waals surface area contributed by atoms with E-state index in [9.17, 15) is 9.59 Å². The smallest absolute Gasteiger partial charge is 0.374 e. The summed E-state index contributed by atoms with van der Waals surface area (Å²) >= 11 is 3.45. The minimum atomic E-state index is -0.912. The van der Waals surface area contributed by atoms with Crippen LogP contribution < -0.4 is 0 Å². The Hall–Kier alpha value is -2.40. The molecule has 5 heteroatoms. The second kappa shape index (κ2) is 8.09. The van der Waals surface area contributed by atoms with Crippen molar-refractivity contribution < 1.29 is 19.1 Å². The van der Waals surface area contributed by atoms with Crippen LogP contribution in [0.5, 0.6) is 0 Å². The van der Waals surface area contributed by atoms with Gasteiger partial charge in [-0.25, -0.2) is 4.79 Å². The predicted molar refractivity (Wildman–Crippen MR) is 106 cm³/mol. The van der Waals surface area contributed by atoms with E-state index in [1.54, 1.807) is 13.0 Å². The summed E-state index contributed by atoms with van der Waals surface area (Å²) in [5.41, 5.74) is 0.886. The predicted octanol–water partition coefficient (Wildman–Crippen LogP) is 4.88. The summed E-state index contributed by atoms with van der Waals surface area (Å²) in [4.78, 5) is 25.5. The van der Waals surface area contributed by atoms with Crippen molar-refractivity contribution in [3.05, 3.63) is 82.0 Å². The maximum absolute atomic E-state index is 13.2. The monoisotopic (exact) mass is 428 g/mol. The molecule has 140 valence electrons. The van der Waals surface area contributed by atoms with Crippen molar-refractivity contribution in [2.75, 3.05) is 6.61 Å². The van der Waals surface area contributed by atoms with E-state index in [1.807, 2.05) is 61.5 Å². The van der Waals surface area contributed by atoms with Crippen LogP contribution in [-0.4, -0.2) is 18.5 Å². The molecule has 27 heavy (non-hydrogen) atoms. The Balaban J connectivity index is 2.19. The first-order chi connectivity index (χ1) is 13.0. The van der Waals surface area contributed by atoms with Gasteiger partial charge in [-0.1, -0.05) is 65.3 Å². The van der Waals surface area contributed by atoms with Crippen molar-refractivity contribution in [1.82, 2.24) is 0 Å². The van der Waals surface area contributed by atoms with Crippen LogP contribution in [0.2, 0.25) is 0 Å². The number of cyclic esters (lactones) is 1. The van der Waals surface area contributed by atoms with E-state index in [1.165, 1.54) is 0 Å². The quantitative estimate of drug-likeness (QED) is 0.636. The number of halogens is 1. The Labute approximate surface area is 167 Å². The molecule has 0 spiro atoms. The van der Waals surface area contributed by atoms with Gasteiger partial charge in [0.25, 0.3) is 0 Å². The number of hydrogen-bond donors (Lipinski definition) is 0. The van der Waals surface area contributed by atoms with Crippen molar-refractivity contribution in [2.45, 2.75) is 31.6 Å². The summed E-state index contributed by atoms with van der Waals surface area (Å²) in [5.74, 6) is -1.45. The van der Waals surface area contributed by atoms with E-state index in [-0.39, 0.29) is 18.3 Å². The summed E-state index contributed by atoms with van der Waals surface area (Å²) in [6.45, 7) is 3.90. The molecule has 0 bridgehead atoms. The SMILES string of the molecule is CCOC(=O)C1=C[C@@H](c2ccc(Br)cc2)[C@](CC)(c2ccccc2)C(=O)O1. The normalized spacial score (nSPS) is 22.0. The first-order valence-corrected chi connectivity index (χ1v) is 9.74. The standard InChI is InChI=1S/C22H21BrO4/c1-3-22(16-8-6-5-7-9-16)18(15-10-12-17(23)13-11-15)14-19(27-21(22)25)20(24)26-4-2/h5-14,18H,3-4H2,1-2H3/t18-,22-/m0/s1. The van der Waals surface area contributed by atoms with Crippen LogP contribution in [0.15, 0.2) is 70.9 Å². The van der Waals surface area contributed by atoms with Crippen LogP contribution in [0.1, 0.15) is 37.3 Å². The Morgan fingerprint density at radius 1 is 1.11 bits per heavy atom. The van der Waals surface area contributed by atoms with Gasteiger partial charge in [-0.3, -0.25) is 4.79 Å². The fourth-order valence-electron chi connectivity index (χ4n) is 3.61. The van der Waals surface area contributed by atoms with Gasteiger partial charge >= 0.3 is 11.9 Å². The molecule has 2 aromatic carbocycles. The maximum atomic E-state index is 13.2. The zero-order valence-electron chi connectivity index (χ0n) is 15.3. The lowest BCUT2D eigenvalue weighted by atomic mass is 9.64. The lowest BCUT2D eigenvalue weighted by Crippen LogP contribution is -2.45. The highest BCUT2D eigenvalue weighted by Gasteiger charge is 2.51. The molecular weight excluding hydrogens is 408 g/mol. The van der Waals surface area contributed by atoms with Crippen LogP contribution in [0.3, 0.4) is 0 Å². The highest BCUT2D eigenvalue weighted by atomic mass is 79.9. The summed E-state index contributed by atoms with van der Waals surface area (Å²) in [6, 6.07) is 17.4. The molecule has 1 aliphatic rings. The van der Waals surface area contributed by atoms with Crippen molar-refractivity contribution in [1.29, 1.82) is 0 Å². The summed E-state index contributed by atoms with van der Waals surface area (Å²) < 4.78 is 11.5. The van der Waals surface area contributed by atoms with E-state index in [2.05, 4.69) is 15.9 Å². The van der Waals surface area contributed by atoms with Gasteiger partial charge in [0.15, 0.2) is 0 Å². The van der Waals surface area contributed by atoms with E-state index in [4.69, 9.17) is 9.47 Å². The number of ether oxygens (including phenoxy) is 2. The molecule has 0 amide bonds. The van der Waals surface area contributed by atoms with Gasteiger partial charge in [0.05, 0.1) is 6.61 Å². The molecular formula is C22H21BrO4. The molecule has 0 N–H and O–H groups in total. The summed E-state index contributed by atoms with van der Waals surface area (Å²) in [7, 11) is 0. The third kappa shape index (κ3) is 3.56. The molecule has 4 nitrogen and oxygen atoms in total. The molecule has 2 atom stereocenters. The summed E-state index contributed by atoms with van der Waals surface area (Å²) in [6.07, 6.45) is 2.25. The number of benzene rings is 2. The Bertz CT molecular complexity index is 858. The third-order valence-electron chi connectivity index (χ3n) is 4.97. The van der Waals surface area contributed by atoms with Crippen molar-refractivity contribution in [2.24, 2.45) is 0 Å². The maximum Gasteiger partial charge on any atom is 0.374 e. The molecule has 0 saturated heterocycles. The van der Waals surface area contributed by atoms with E-state index in [0.717, 1.165) is 15.6 Å². The Morgan fingerprint density at radius 2 is 1.78 bits per heavy atom. The minimum absolute atomic E-state index is 0.0465. The molecule has 3 rings (SSSR count). The fourth-order valence-corrected chi connectivity index (χ4v) is 3.87. The van der Waals surface area contributed by atoms with Gasteiger partial charge in [0.1, 0.15) is 5.41 Å². The molecule has 0 radical (unpaired) electrons. The topological polar surface area (TPSA) is 52.6 Å². The number of carbonyl (C=O) groups is 2. The van der Waals surface area contributed by atoms with Crippen LogP contribution >= 0.6 is 15.9 Å². The molecule has 2 aromatic rings. The van der Waals surface area contributed by atoms with Gasteiger partial charge in [0, 0.05) is 10.4 Å². The fraction of sp³-hybridized carbons (Fsp3) is 0.273. The molecule has 0 fully saturated rings. The summed E-state index contributed by atoms with van der Waals surface area (Å²) in [5, 5.41) is 0. The van der Waals surface area contributed by atoms with Crippen molar-refractivity contribution in [3.63, 3.8) is 0 Å². The highest BCUT2D eigenvalue weighted by molar-refractivity contribution is 9.10. The zero-order valence-corrected chi connectivity index (χ0v) is 16.9. The second-order valence-electron chi connectivity index (χ2n) is 6.36. The molecule has 0 aromatic heterocycles. The van der Waals surface area contributed by atoms with Crippen molar-refractivity contribution in [3.8, 4) is 0 Å². The minimum Gasteiger partial charge on any atom is -0.460 e. The van der Waals surface area contributed by atoms with Gasteiger partial charge in [0.2, 0.25) is 5.76 Å². The number of esters is 2. The van der Waals surface area contributed by atoms with E-state index < -0.39 is 17.4 Å². The Morgan fingerprint density at radius 3 is 2.37 bits per heavy atom. The van der Waals surface area contributed by atoms with Gasteiger partial charge in [-0.15, -0.1) is 0 Å². The number of carbonyl (C=O) groups excluding carboxylic acids is 2. The third-order valence-corrected chi connectivity index (χ3v) is 5.50. The van der Waals surface area contributed by atoms with Gasteiger partial charge in [-0.2, -0.15) is 0 Å². The molecule has 0 unspecified atom stereocenters. The van der Waals surface area contributed by atoms with Gasteiger partial charge < -0.3 is 9.47 Å². The average Bonchev–Trinajstić information content (AvgIpc) is 2.69. The molecule has 1 heterocycles. The van der Waals surface area contributed by atoms with Crippen LogP contribution in [0.25, 0.3) is 0 Å². The number of rotatable bonds is 5. The van der Waals surface area contributed by atoms with Crippen LogP contribution in [-0.2, 0) is 24.5 Å². The van der Waals surface area contributed by atoms with Crippen LogP contribution in [0.4, 0.5) is 0 Å². The first kappa shape index (κ1) is 19.4. The molecule has 1 aliphatic heterocycles. The van der Waals surface area contributed by atoms with E-state index >= 15 is 0 Å². The number of allylic oxidation sites excluding steroid dienone is 1. The van der Waals surface area contributed by atoms with Gasteiger partial charge in [-0.05, 0) is 42.7 Å². The van der Waals surface area contributed by atoms with Crippen molar-refractivity contribution >= 4 is 27.9 Å². The highest BCUT2D eigenvalue weighted by Crippen LogP contribution is 2.47. The van der Waals surface area contributed by atoms with E-state index in [0.29, 0.717) is 6.42 Å². The lowest BCUT2D eigenvalue weighted by Gasteiger charge is -2.40. The first-order valence-electron chi connectivity index (χ1n) is 8.95. The largest absolute Gasteiger partial charge is 0.460 e. The molecule has 0 saturated carbocycles.